The highest BCUT2D eigenvalue weighted by Gasteiger charge is 2.12. The molecule has 0 unspecified atom stereocenters. The Morgan fingerprint density at radius 1 is 1.11 bits per heavy atom. The van der Waals surface area contributed by atoms with Gasteiger partial charge in [0, 0.05) is 6.07 Å². The van der Waals surface area contributed by atoms with Crippen LogP contribution in [-0.2, 0) is 15.8 Å². The first-order valence-electron chi connectivity index (χ1n) is 5.49. The van der Waals surface area contributed by atoms with Crippen LogP contribution in [0, 0.1) is 0 Å². The minimum Gasteiger partial charge on any atom is -0.506 e. The van der Waals surface area contributed by atoms with Gasteiger partial charge in [-0.05, 0) is 17.7 Å². The van der Waals surface area contributed by atoms with E-state index in [0.29, 0.717) is 5.56 Å². The van der Waals surface area contributed by atoms with Crippen LogP contribution in [0.3, 0.4) is 0 Å². The summed E-state index contributed by atoms with van der Waals surface area (Å²) in [6.45, 7) is 0. The van der Waals surface area contributed by atoms with E-state index in [9.17, 15) is 13.5 Å². The second-order valence-electron chi connectivity index (χ2n) is 4.01. The maximum Gasteiger partial charge on any atom is 0.236 e. The second kappa shape index (κ2) is 5.50. The van der Waals surface area contributed by atoms with Gasteiger partial charge in [-0.1, -0.05) is 41.9 Å². The van der Waals surface area contributed by atoms with E-state index in [4.69, 9.17) is 11.6 Å². The van der Waals surface area contributed by atoms with Crippen LogP contribution in [0.25, 0.3) is 0 Å². The van der Waals surface area contributed by atoms with Crippen LogP contribution < -0.4 is 4.72 Å². The number of rotatable bonds is 4. The van der Waals surface area contributed by atoms with Crippen molar-refractivity contribution in [3.63, 3.8) is 0 Å². The van der Waals surface area contributed by atoms with E-state index >= 15 is 0 Å². The topological polar surface area (TPSA) is 66.4 Å². The molecule has 0 spiro atoms. The number of nitrogens with one attached hydrogen (secondary N) is 1. The normalized spacial score (nSPS) is 11.2. The summed E-state index contributed by atoms with van der Waals surface area (Å²) >= 11 is 5.65. The smallest absolute Gasteiger partial charge is 0.236 e. The molecule has 0 heterocycles. The van der Waals surface area contributed by atoms with Gasteiger partial charge in [-0.15, -0.1) is 0 Å². The SMILES string of the molecule is O=S(=O)(Cc1ccccc1)Nc1ccc(Cl)c(O)c1. The summed E-state index contributed by atoms with van der Waals surface area (Å²) in [4.78, 5) is 0. The standard InChI is InChI=1S/C13H12ClNO3S/c14-12-7-6-11(8-13(12)16)15-19(17,18)9-10-4-2-1-3-5-10/h1-8,15-16H,9H2. The van der Waals surface area contributed by atoms with Gasteiger partial charge in [-0.25, -0.2) is 8.42 Å². The van der Waals surface area contributed by atoms with E-state index in [1.165, 1.54) is 18.2 Å². The lowest BCUT2D eigenvalue weighted by Crippen LogP contribution is -2.14. The largest absolute Gasteiger partial charge is 0.506 e. The molecule has 100 valence electrons. The van der Waals surface area contributed by atoms with Gasteiger partial charge in [0.1, 0.15) is 5.75 Å². The average Bonchev–Trinajstić information content (AvgIpc) is 2.34. The van der Waals surface area contributed by atoms with Crippen molar-refractivity contribution >= 4 is 27.3 Å². The van der Waals surface area contributed by atoms with Crippen molar-refractivity contribution in [2.45, 2.75) is 5.75 Å². The Balaban J connectivity index is 2.15. The summed E-state index contributed by atoms with van der Waals surface area (Å²) in [5.74, 6) is -0.293. The van der Waals surface area contributed by atoms with Crippen LogP contribution in [0.1, 0.15) is 5.56 Å². The zero-order valence-electron chi connectivity index (χ0n) is 9.88. The van der Waals surface area contributed by atoms with E-state index in [0.717, 1.165) is 0 Å². The predicted molar refractivity (Wildman–Crippen MR) is 75.8 cm³/mol. The number of anilines is 1. The average molecular weight is 298 g/mol. The molecule has 0 radical (unpaired) electrons. The van der Waals surface area contributed by atoms with Crippen molar-refractivity contribution in [2.75, 3.05) is 4.72 Å². The van der Waals surface area contributed by atoms with Crippen LogP contribution in [0.5, 0.6) is 5.75 Å². The third kappa shape index (κ3) is 3.87. The number of phenols is 1. The summed E-state index contributed by atoms with van der Waals surface area (Å²) in [5.41, 5.74) is 0.964. The van der Waals surface area contributed by atoms with Crippen LogP contribution >= 0.6 is 11.6 Å². The van der Waals surface area contributed by atoms with Gasteiger partial charge in [0.2, 0.25) is 10.0 Å². The van der Waals surface area contributed by atoms with Gasteiger partial charge in [0.15, 0.2) is 0 Å². The first-order valence-corrected chi connectivity index (χ1v) is 7.52. The van der Waals surface area contributed by atoms with Crippen LogP contribution in [0.2, 0.25) is 5.02 Å². The Labute approximate surface area is 116 Å². The molecule has 6 heteroatoms. The minimum atomic E-state index is -3.52. The van der Waals surface area contributed by atoms with E-state index in [-0.39, 0.29) is 22.2 Å². The maximum absolute atomic E-state index is 11.9. The highest BCUT2D eigenvalue weighted by molar-refractivity contribution is 7.91. The Hall–Kier alpha value is -1.72. The third-order valence-electron chi connectivity index (χ3n) is 2.42. The highest BCUT2D eigenvalue weighted by Crippen LogP contribution is 2.26. The molecule has 0 atom stereocenters. The summed E-state index contributed by atoms with van der Waals surface area (Å²) in [6.07, 6.45) is 0. The summed E-state index contributed by atoms with van der Waals surface area (Å²) < 4.78 is 26.3. The number of hydrogen-bond acceptors (Lipinski definition) is 3. The lowest BCUT2D eigenvalue weighted by atomic mass is 10.2. The lowest BCUT2D eigenvalue weighted by Gasteiger charge is -2.08. The number of sulfonamides is 1. The summed E-state index contributed by atoms with van der Waals surface area (Å²) in [6, 6.07) is 13.0. The molecule has 0 amide bonds. The fourth-order valence-electron chi connectivity index (χ4n) is 1.59. The van der Waals surface area contributed by atoms with Gasteiger partial charge < -0.3 is 5.11 Å². The molecule has 0 saturated carbocycles. The quantitative estimate of drug-likeness (QED) is 0.911. The molecule has 2 rings (SSSR count). The summed E-state index contributed by atoms with van der Waals surface area (Å²) in [5, 5.41) is 9.59. The number of benzene rings is 2. The fourth-order valence-corrected chi connectivity index (χ4v) is 2.89. The van der Waals surface area contributed by atoms with Crippen molar-refractivity contribution in [2.24, 2.45) is 0 Å². The summed E-state index contributed by atoms with van der Waals surface area (Å²) in [7, 11) is -3.52. The Morgan fingerprint density at radius 3 is 2.42 bits per heavy atom. The monoisotopic (exact) mass is 297 g/mol. The molecule has 2 aromatic carbocycles. The molecule has 4 nitrogen and oxygen atoms in total. The molecule has 19 heavy (non-hydrogen) atoms. The van der Waals surface area contributed by atoms with E-state index in [1.807, 2.05) is 6.07 Å². The van der Waals surface area contributed by atoms with Crippen LogP contribution in [0.15, 0.2) is 48.5 Å². The van der Waals surface area contributed by atoms with Gasteiger partial charge >= 0.3 is 0 Å². The van der Waals surface area contributed by atoms with Gasteiger partial charge in [-0.2, -0.15) is 0 Å². The van der Waals surface area contributed by atoms with Gasteiger partial charge in [0.25, 0.3) is 0 Å². The van der Waals surface area contributed by atoms with Gasteiger partial charge in [-0.3, -0.25) is 4.72 Å². The molecule has 0 aliphatic rings. The molecule has 0 aliphatic carbocycles. The Kier molecular flexibility index (Phi) is 3.97. The van der Waals surface area contributed by atoms with Crippen molar-refractivity contribution < 1.29 is 13.5 Å². The number of aromatic hydroxyl groups is 1. The second-order valence-corrected chi connectivity index (χ2v) is 6.14. The molecular weight excluding hydrogens is 286 g/mol. The number of halogens is 1. The minimum absolute atomic E-state index is 0.128. The van der Waals surface area contributed by atoms with E-state index in [2.05, 4.69) is 4.72 Å². The zero-order chi connectivity index (χ0) is 13.9. The van der Waals surface area contributed by atoms with Crippen molar-refractivity contribution in [3.05, 3.63) is 59.1 Å². The third-order valence-corrected chi connectivity index (χ3v) is 4.00. The molecule has 0 aliphatic heterocycles. The fraction of sp³-hybridized carbons (Fsp3) is 0.0769. The van der Waals surface area contributed by atoms with Crippen LogP contribution in [-0.4, -0.2) is 13.5 Å². The van der Waals surface area contributed by atoms with Crippen molar-refractivity contribution in [1.82, 2.24) is 0 Å². The maximum atomic E-state index is 11.9. The van der Waals surface area contributed by atoms with Gasteiger partial charge in [0.05, 0.1) is 16.5 Å². The van der Waals surface area contributed by atoms with Crippen molar-refractivity contribution in [1.29, 1.82) is 0 Å². The molecule has 0 saturated heterocycles. The molecule has 2 aromatic rings. The predicted octanol–water partition coefficient (Wildman–Crippen LogP) is 2.99. The van der Waals surface area contributed by atoms with E-state index < -0.39 is 10.0 Å². The molecular formula is C13H12ClNO3S. The van der Waals surface area contributed by atoms with E-state index in [1.54, 1.807) is 24.3 Å². The first kappa shape index (κ1) is 13.7. The van der Waals surface area contributed by atoms with Crippen molar-refractivity contribution in [3.8, 4) is 5.75 Å². The Morgan fingerprint density at radius 2 is 1.79 bits per heavy atom. The first-order chi connectivity index (χ1) is 8.96. The molecule has 2 N–H and O–H groups in total. The zero-order valence-corrected chi connectivity index (χ0v) is 11.4. The molecule has 0 aromatic heterocycles. The molecule has 0 fully saturated rings. The lowest BCUT2D eigenvalue weighted by molar-refractivity contribution is 0.476. The highest BCUT2D eigenvalue weighted by atomic mass is 35.5. The number of phenolic OH excluding ortho intramolecular Hbond substituents is 1. The Bertz CT molecular complexity index is 672. The van der Waals surface area contributed by atoms with Crippen LogP contribution in [0.4, 0.5) is 5.69 Å². The molecule has 0 bridgehead atoms. The number of hydrogen-bond donors (Lipinski definition) is 2.